The summed E-state index contributed by atoms with van der Waals surface area (Å²) < 4.78 is 4.93. The van der Waals surface area contributed by atoms with Crippen LogP contribution in [0.3, 0.4) is 0 Å². The van der Waals surface area contributed by atoms with E-state index in [0.29, 0.717) is 17.4 Å². The van der Waals surface area contributed by atoms with Crippen molar-refractivity contribution in [2.24, 2.45) is 5.10 Å². The van der Waals surface area contributed by atoms with Crippen LogP contribution in [0.4, 0.5) is 10.8 Å². The number of nitrogens with zero attached hydrogens (tertiary/aromatic N) is 3. The summed E-state index contributed by atoms with van der Waals surface area (Å²) >= 11 is 1.41. The number of hydrogen-bond acceptors (Lipinski definition) is 8. The standard InChI is InChI=1S/C18H23N5O2S/c1-2-25-17(24)11-15-13-26-18(21-15)22-20-12-14-5-3-4-6-16(14)23-9-7-19-8-10-23/h3-6,12-13,19H,2,7-11H2,1H3,(H,21,22). The molecule has 1 saturated heterocycles. The Morgan fingerprint density at radius 1 is 1.42 bits per heavy atom. The van der Waals surface area contributed by atoms with Crippen molar-refractivity contribution in [2.75, 3.05) is 43.1 Å². The van der Waals surface area contributed by atoms with Crippen LogP contribution in [-0.4, -0.2) is 50.0 Å². The SMILES string of the molecule is CCOC(=O)Cc1csc(NN=Cc2ccccc2N2CCNCC2)n1. The van der Waals surface area contributed by atoms with Crippen LogP contribution >= 0.6 is 11.3 Å². The normalized spacial score (nSPS) is 14.6. The van der Waals surface area contributed by atoms with Gasteiger partial charge in [-0.25, -0.2) is 4.98 Å². The van der Waals surface area contributed by atoms with Crippen molar-refractivity contribution >= 4 is 34.3 Å². The molecule has 2 N–H and O–H groups in total. The van der Waals surface area contributed by atoms with Gasteiger partial charge in [-0.3, -0.25) is 10.2 Å². The Bertz CT molecular complexity index is 756. The third-order valence-corrected chi connectivity index (χ3v) is 4.74. The average molecular weight is 373 g/mol. The fourth-order valence-electron chi connectivity index (χ4n) is 2.75. The number of carbonyl (C=O) groups excluding carboxylic acids is 1. The second-order valence-corrected chi connectivity index (χ2v) is 6.65. The summed E-state index contributed by atoms with van der Waals surface area (Å²) in [5, 5.41) is 10.2. The first-order valence-corrected chi connectivity index (χ1v) is 9.58. The minimum absolute atomic E-state index is 0.182. The van der Waals surface area contributed by atoms with Gasteiger partial charge in [-0.15, -0.1) is 11.3 Å². The lowest BCUT2D eigenvalue weighted by Crippen LogP contribution is -2.43. The Kier molecular flexibility index (Phi) is 6.56. The molecule has 1 aromatic heterocycles. The monoisotopic (exact) mass is 373 g/mol. The first-order valence-electron chi connectivity index (χ1n) is 8.70. The third kappa shape index (κ3) is 5.03. The molecule has 0 bridgehead atoms. The lowest BCUT2D eigenvalue weighted by molar-refractivity contribution is -0.142. The molecule has 8 heteroatoms. The highest BCUT2D eigenvalue weighted by Gasteiger charge is 2.13. The molecular weight excluding hydrogens is 350 g/mol. The Labute approximate surface area is 157 Å². The lowest BCUT2D eigenvalue weighted by Gasteiger charge is -2.30. The molecule has 138 valence electrons. The highest BCUT2D eigenvalue weighted by molar-refractivity contribution is 7.13. The van der Waals surface area contributed by atoms with Crippen molar-refractivity contribution in [3.8, 4) is 0 Å². The molecule has 0 aliphatic carbocycles. The van der Waals surface area contributed by atoms with E-state index in [2.05, 4.69) is 37.9 Å². The van der Waals surface area contributed by atoms with Crippen molar-refractivity contribution in [3.63, 3.8) is 0 Å². The minimum atomic E-state index is -0.266. The van der Waals surface area contributed by atoms with E-state index in [1.165, 1.54) is 17.0 Å². The van der Waals surface area contributed by atoms with E-state index in [1.54, 1.807) is 6.92 Å². The van der Waals surface area contributed by atoms with Crippen LogP contribution in [0.1, 0.15) is 18.2 Å². The van der Waals surface area contributed by atoms with Crippen LogP contribution in [0.2, 0.25) is 0 Å². The number of thiazole rings is 1. The topological polar surface area (TPSA) is 78.8 Å². The molecule has 1 fully saturated rings. The van der Waals surface area contributed by atoms with E-state index in [0.717, 1.165) is 31.7 Å². The van der Waals surface area contributed by atoms with Crippen LogP contribution < -0.4 is 15.6 Å². The average Bonchev–Trinajstić information content (AvgIpc) is 3.10. The fraction of sp³-hybridized carbons (Fsp3) is 0.389. The summed E-state index contributed by atoms with van der Waals surface area (Å²) in [4.78, 5) is 18.2. The number of esters is 1. The van der Waals surface area contributed by atoms with Crippen LogP contribution in [0, 0.1) is 0 Å². The predicted molar refractivity (Wildman–Crippen MR) is 105 cm³/mol. The van der Waals surface area contributed by atoms with Crippen molar-refractivity contribution in [2.45, 2.75) is 13.3 Å². The Morgan fingerprint density at radius 3 is 3.04 bits per heavy atom. The Hall–Kier alpha value is -2.45. The zero-order valence-electron chi connectivity index (χ0n) is 14.8. The van der Waals surface area contributed by atoms with Crippen molar-refractivity contribution in [1.82, 2.24) is 10.3 Å². The van der Waals surface area contributed by atoms with Crippen molar-refractivity contribution in [1.29, 1.82) is 0 Å². The Balaban J connectivity index is 1.61. The zero-order valence-corrected chi connectivity index (χ0v) is 15.6. The molecule has 0 amide bonds. The molecule has 2 aromatic rings. The van der Waals surface area contributed by atoms with Gasteiger partial charge in [0, 0.05) is 42.8 Å². The largest absolute Gasteiger partial charge is 0.466 e. The molecule has 1 aliphatic rings. The molecule has 0 unspecified atom stereocenters. The quantitative estimate of drug-likeness (QED) is 0.440. The van der Waals surface area contributed by atoms with Gasteiger partial charge in [-0.1, -0.05) is 18.2 Å². The third-order valence-electron chi connectivity index (χ3n) is 3.94. The highest BCUT2D eigenvalue weighted by Crippen LogP contribution is 2.20. The van der Waals surface area contributed by atoms with Gasteiger partial charge in [0.2, 0.25) is 5.13 Å². The molecule has 1 aromatic carbocycles. The number of hydrazone groups is 1. The summed E-state index contributed by atoms with van der Waals surface area (Å²) in [7, 11) is 0. The maximum absolute atomic E-state index is 11.5. The smallest absolute Gasteiger partial charge is 0.311 e. The van der Waals surface area contributed by atoms with E-state index in [1.807, 2.05) is 23.7 Å². The summed E-state index contributed by atoms with van der Waals surface area (Å²) in [5.74, 6) is -0.266. The summed E-state index contributed by atoms with van der Waals surface area (Å²) in [6.07, 6.45) is 1.99. The fourth-order valence-corrected chi connectivity index (χ4v) is 3.41. The second kappa shape index (κ2) is 9.30. The maximum Gasteiger partial charge on any atom is 0.311 e. The number of ether oxygens (including phenoxy) is 1. The number of anilines is 2. The Morgan fingerprint density at radius 2 is 2.23 bits per heavy atom. The molecule has 3 rings (SSSR count). The molecule has 7 nitrogen and oxygen atoms in total. The van der Waals surface area contributed by atoms with E-state index < -0.39 is 0 Å². The van der Waals surface area contributed by atoms with Crippen LogP contribution in [0.25, 0.3) is 0 Å². The van der Waals surface area contributed by atoms with Gasteiger partial charge in [-0.05, 0) is 13.0 Å². The predicted octanol–water partition coefficient (Wildman–Crippen LogP) is 2.10. The number of piperazine rings is 1. The molecule has 1 aliphatic heterocycles. The van der Waals surface area contributed by atoms with Gasteiger partial charge in [0.15, 0.2) is 0 Å². The lowest BCUT2D eigenvalue weighted by atomic mass is 10.1. The van der Waals surface area contributed by atoms with E-state index >= 15 is 0 Å². The molecule has 26 heavy (non-hydrogen) atoms. The van der Waals surface area contributed by atoms with Crippen LogP contribution in [0.5, 0.6) is 0 Å². The number of nitrogens with one attached hydrogen (secondary N) is 2. The number of para-hydroxylation sites is 1. The first kappa shape index (κ1) is 18.3. The number of benzene rings is 1. The van der Waals surface area contributed by atoms with Gasteiger partial charge >= 0.3 is 5.97 Å². The van der Waals surface area contributed by atoms with Gasteiger partial charge in [0.25, 0.3) is 0 Å². The second-order valence-electron chi connectivity index (χ2n) is 5.79. The van der Waals surface area contributed by atoms with Crippen LogP contribution in [0.15, 0.2) is 34.7 Å². The summed E-state index contributed by atoms with van der Waals surface area (Å²) in [6, 6.07) is 8.22. The molecule has 2 heterocycles. The van der Waals surface area contributed by atoms with E-state index in [-0.39, 0.29) is 12.4 Å². The van der Waals surface area contributed by atoms with Crippen LogP contribution in [-0.2, 0) is 16.0 Å². The van der Waals surface area contributed by atoms with Gasteiger partial charge in [-0.2, -0.15) is 5.10 Å². The number of rotatable bonds is 7. The van der Waals surface area contributed by atoms with Crippen molar-refractivity contribution < 1.29 is 9.53 Å². The van der Waals surface area contributed by atoms with Crippen molar-refractivity contribution in [3.05, 3.63) is 40.9 Å². The summed E-state index contributed by atoms with van der Waals surface area (Å²) in [5.41, 5.74) is 5.87. The first-order chi connectivity index (χ1) is 12.8. The van der Waals surface area contributed by atoms with Gasteiger partial charge < -0.3 is 15.0 Å². The number of carbonyl (C=O) groups is 1. The van der Waals surface area contributed by atoms with Gasteiger partial charge in [0.1, 0.15) is 0 Å². The number of hydrogen-bond donors (Lipinski definition) is 2. The molecule has 0 saturated carbocycles. The number of aromatic nitrogens is 1. The molecule has 0 spiro atoms. The molecular formula is C18H23N5O2S. The maximum atomic E-state index is 11.5. The minimum Gasteiger partial charge on any atom is -0.466 e. The van der Waals surface area contributed by atoms with Gasteiger partial charge in [0.05, 0.1) is 24.9 Å². The zero-order chi connectivity index (χ0) is 18.2. The molecule has 0 radical (unpaired) electrons. The molecule has 0 atom stereocenters. The van der Waals surface area contributed by atoms with E-state index in [4.69, 9.17) is 4.74 Å². The van der Waals surface area contributed by atoms with E-state index in [9.17, 15) is 4.79 Å². The summed E-state index contributed by atoms with van der Waals surface area (Å²) in [6.45, 7) is 6.13. The highest BCUT2D eigenvalue weighted by atomic mass is 32.1.